The molecule has 0 aromatic heterocycles. The number of amides is 1. The van der Waals surface area contributed by atoms with Crippen LogP contribution in [0.4, 0.5) is 0 Å². The smallest absolute Gasteiger partial charge is 0.244 e. The van der Waals surface area contributed by atoms with E-state index in [-0.39, 0.29) is 21.5 Å². The Hall–Kier alpha value is -2.09. The first-order valence-electron chi connectivity index (χ1n) is 8.76. The van der Waals surface area contributed by atoms with Gasteiger partial charge in [-0.1, -0.05) is 71.2 Å². The number of carbonyl (C=O) groups excluding carboxylic acids is 1. The average Bonchev–Trinajstić information content (AvgIpc) is 2.70. The van der Waals surface area contributed by atoms with Crippen LogP contribution in [-0.4, -0.2) is 18.6 Å². The Morgan fingerprint density at radius 3 is 1.97 bits per heavy atom. The second kappa shape index (κ2) is 9.37. The third kappa shape index (κ3) is 4.79. The standard InChI is InChI=1S/C21H17Cl3N2O3S/c22-15-9-11-16(12-10-15)30(28,29)26(13-17-18(23)7-4-8-19(17)24)20(21(25)27)14-5-2-1-3-6-14/h1-12,20H,13H2,(H2,25,27). The lowest BCUT2D eigenvalue weighted by Crippen LogP contribution is -2.41. The molecule has 0 heterocycles. The molecule has 0 aliphatic rings. The highest BCUT2D eigenvalue weighted by atomic mass is 35.5. The molecule has 1 unspecified atom stereocenters. The van der Waals surface area contributed by atoms with Gasteiger partial charge in [0.25, 0.3) is 0 Å². The van der Waals surface area contributed by atoms with Crippen LogP contribution in [0.2, 0.25) is 15.1 Å². The lowest BCUT2D eigenvalue weighted by Gasteiger charge is -2.30. The fourth-order valence-electron chi connectivity index (χ4n) is 3.00. The van der Waals surface area contributed by atoms with Crippen molar-refractivity contribution in [2.75, 3.05) is 0 Å². The lowest BCUT2D eigenvalue weighted by atomic mass is 10.1. The molecular weight excluding hydrogens is 467 g/mol. The van der Waals surface area contributed by atoms with Gasteiger partial charge in [0.15, 0.2) is 0 Å². The van der Waals surface area contributed by atoms with Crippen molar-refractivity contribution < 1.29 is 13.2 Å². The highest BCUT2D eigenvalue weighted by Gasteiger charge is 2.37. The molecule has 1 amide bonds. The van der Waals surface area contributed by atoms with E-state index in [1.165, 1.54) is 24.3 Å². The maximum atomic E-state index is 13.6. The highest BCUT2D eigenvalue weighted by molar-refractivity contribution is 7.89. The van der Waals surface area contributed by atoms with Crippen LogP contribution in [0.25, 0.3) is 0 Å². The molecule has 5 nitrogen and oxygen atoms in total. The number of primary amides is 1. The monoisotopic (exact) mass is 482 g/mol. The molecular formula is C21H17Cl3N2O3S. The summed E-state index contributed by atoms with van der Waals surface area (Å²) in [4.78, 5) is 12.4. The molecule has 0 bridgehead atoms. The molecule has 0 saturated carbocycles. The van der Waals surface area contributed by atoms with Gasteiger partial charge in [0.1, 0.15) is 6.04 Å². The SMILES string of the molecule is NC(=O)C(c1ccccc1)N(Cc1c(Cl)cccc1Cl)S(=O)(=O)c1ccc(Cl)cc1. The van der Waals surface area contributed by atoms with Crippen LogP contribution in [0.1, 0.15) is 17.2 Å². The summed E-state index contributed by atoms with van der Waals surface area (Å²) in [6, 6.07) is 17.6. The Balaban J connectivity index is 2.20. The van der Waals surface area contributed by atoms with E-state index in [9.17, 15) is 13.2 Å². The minimum absolute atomic E-state index is 0.0442. The van der Waals surface area contributed by atoms with Gasteiger partial charge in [0, 0.05) is 27.2 Å². The fourth-order valence-corrected chi connectivity index (χ4v) is 5.20. The van der Waals surface area contributed by atoms with Crippen LogP contribution in [0, 0.1) is 0 Å². The molecule has 30 heavy (non-hydrogen) atoms. The summed E-state index contributed by atoms with van der Waals surface area (Å²) >= 11 is 18.5. The lowest BCUT2D eigenvalue weighted by molar-refractivity contribution is -0.122. The van der Waals surface area contributed by atoms with Gasteiger partial charge >= 0.3 is 0 Å². The van der Waals surface area contributed by atoms with Crippen molar-refractivity contribution >= 4 is 50.7 Å². The van der Waals surface area contributed by atoms with Crippen molar-refractivity contribution in [1.29, 1.82) is 0 Å². The highest BCUT2D eigenvalue weighted by Crippen LogP contribution is 2.34. The Morgan fingerprint density at radius 2 is 1.43 bits per heavy atom. The Kier molecular flexibility index (Phi) is 7.06. The third-order valence-corrected chi connectivity index (χ3v) is 7.25. The van der Waals surface area contributed by atoms with E-state index in [0.717, 1.165) is 4.31 Å². The molecule has 3 aromatic carbocycles. The maximum absolute atomic E-state index is 13.6. The predicted octanol–water partition coefficient (Wildman–Crippen LogP) is 5.06. The second-order valence-corrected chi connectivity index (χ2v) is 9.56. The number of benzene rings is 3. The van der Waals surface area contributed by atoms with Gasteiger partial charge in [-0.05, 0) is 42.0 Å². The van der Waals surface area contributed by atoms with E-state index in [2.05, 4.69) is 0 Å². The first-order valence-corrected chi connectivity index (χ1v) is 11.3. The van der Waals surface area contributed by atoms with Gasteiger partial charge in [0.05, 0.1) is 4.90 Å². The summed E-state index contributed by atoms with van der Waals surface area (Å²) in [5, 5.41) is 0.925. The third-order valence-electron chi connectivity index (χ3n) is 4.47. The first kappa shape index (κ1) is 22.6. The molecule has 0 radical (unpaired) electrons. The van der Waals surface area contributed by atoms with Crippen molar-refractivity contribution in [2.45, 2.75) is 17.5 Å². The van der Waals surface area contributed by atoms with Gasteiger partial charge in [-0.3, -0.25) is 4.79 Å². The van der Waals surface area contributed by atoms with Crippen LogP contribution < -0.4 is 5.73 Å². The first-order chi connectivity index (χ1) is 14.2. The number of nitrogens with two attached hydrogens (primary N) is 1. The summed E-state index contributed by atoms with van der Waals surface area (Å²) < 4.78 is 28.2. The van der Waals surface area contributed by atoms with Crippen molar-refractivity contribution in [3.05, 3.63) is 99.0 Å². The van der Waals surface area contributed by atoms with E-state index >= 15 is 0 Å². The zero-order chi connectivity index (χ0) is 21.9. The number of nitrogens with zero attached hydrogens (tertiary/aromatic N) is 1. The van der Waals surface area contributed by atoms with Crippen LogP contribution in [0.15, 0.2) is 77.7 Å². The summed E-state index contributed by atoms with van der Waals surface area (Å²) in [6.45, 7) is -0.258. The van der Waals surface area contributed by atoms with E-state index in [1.807, 2.05) is 0 Å². The number of rotatable bonds is 7. The minimum atomic E-state index is -4.19. The molecule has 1 atom stereocenters. The van der Waals surface area contributed by atoms with Gasteiger partial charge in [0.2, 0.25) is 15.9 Å². The number of hydrogen-bond donors (Lipinski definition) is 1. The van der Waals surface area contributed by atoms with Crippen LogP contribution in [-0.2, 0) is 21.4 Å². The molecule has 9 heteroatoms. The van der Waals surface area contributed by atoms with Crippen molar-refractivity contribution in [3.63, 3.8) is 0 Å². The minimum Gasteiger partial charge on any atom is -0.368 e. The normalized spacial score (nSPS) is 12.7. The number of sulfonamides is 1. The Morgan fingerprint density at radius 1 is 0.867 bits per heavy atom. The van der Waals surface area contributed by atoms with Crippen molar-refractivity contribution in [2.24, 2.45) is 5.73 Å². The maximum Gasteiger partial charge on any atom is 0.244 e. The molecule has 0 aliphatic heterocycles. The van der Waals surface area contributed by atoms with E-state index < -0.39 is 22.0 Å². The number of carbonyl (C=O) groups is 1. The summed E-state index contributed by atoms with van der Waals surface area (Å²) in [5.74, 6) is -0.832. The molecule has 0 spiro atoms. The summed E-state index contributed by atoms with van der Waals surface area (Å²) in [7, 11) is -4.19. The van der Waals surface area contributed by atoms with Crippen LogP contribution in [0.5, 0.6) is 0 Å². The number of hydrogen-bond acceptors (Lipinski definition) is 3. The van der Waals surface area contributed by atoms with Gasteiger partial charge in [-0.15, -0.1) is 0 Å². The van der Waals surface area contributed by atoms with Gasteiger partial charge in [-0.25, -0.2) is 8.42 Å². The molecule has 0 aliphatic carbocycles. The van der Waals surface area contributed by atoms with Gasteiger partial charge in [-0.2, -0.15) is 4.31 Å². The molecule has 2 N–H and O–H groups in total. The Labute approximate surface area is 190 Å². The van der Waals surface area contributed by atoms with Gasteiger partial charge < -0.3 is 5.73 Å². The number of halogens is 3. The zero-order valence-corrected chi connectivity index (χ0v) is 18.6. The predicted molar refractivity (Wildman–Crippen MR) is 119 cm³/mol. The molecule has 3 rings (SSSR count). The van der Waals surface area contributed by atoms with E-state index in [4.69, 9.17) is 40.5 Å². The van der Waals surface area contributed by atoms with E-state index in [0.29, 0.717) is 16.1 Å². The molecule has 156 valence electrons. The largest absolute Gasteiger partial charge is 0.368 e. The second-order valence-electron chi connectivity index (χ2n) is 6.42. The fraction of sp³-hybridized carbons (Fsp3) is 0.0952. The zero-order valence-electron chi connectivity index (χ0n) is 15.5. The summed E-state index contributed by atoms with van der Waals surface area (Å²) in [6.07, 6.45) is 0. The van der Waals surface area contributed by atoms with Crippen LogP contribution >= 0.6 is 34.8 Å². The molecule has 0 fully saturated rings. The topological polar surface area (TPSA) is 80.5 Å². The van der Waals surface area contributed by atoms with Crippen molar-refractivity contribution in [1.82, 2.24) is 4.31 Å². The summed E-state index contributed by atoms with van der Waals surface area (Å²) in [5.41, 5.74) is 6.45. The average molecular weight is 484 g/mol. The molecule has 0 saturated heterocycles. The molecule has 3 aromatic rings. The Bertz CT molecular complexity index is 1130. The van der Waals surface area contributed by atoms with Crippen LogP contribution in [0.3, 0.4) is 0 Å². The quantitative estimate of drug-likeness (QED) is 0.510. The van der Waals surface area contributed by atoms with E-state index in [1.54, 1.807) is 48.5 Å². The van der Waals surface area contributed by atoms with Crippen molar-refractivity contribution in [3.8, 4) is 0 Å².